The third kappa shape index (κ3) is 2.78. The Morgan fingerprint density at radius 3 is 3.00 bits per heavy atom. The molecule has 0 aliphatic rings. The first kappa shape index (κ1) is 12.4. The monoisotopic (exact) mass is 265 g/mol. The molecule has 0 bridgehead atoms. The van der Waals surface area contributed by atoms with Crippen LogP contribution in [0.1, 0.15) is 16.2 Å². The maximum Gasteiger partial charge on any atom is 0.253 e. The third-order valence-electron chi connectivity index (χ3n) is 2.33. The molecule has 3 N–H and O–H groups in total. The van der Waals surface area contributed by atoms with E-state index in [9.17, 15) is 4.79 Å². The van der Waals surface area contributed by atoms with Gasteiger partial charge in [0.2, 0.25) is 0 Å². The van der Waals surface area contributed by atoms with Crippen LogP contribution in [-0.2, 0) is 6.54 Å². The average molecular weight is 266 g/mol. The Kier molecular flexibility index (Phi) is 3.78. The molecule has 1 amide bonds. The number of imidazole rings is 1. The van der Waals surface area contributed by atoms with Crippen molar-refractivity contribution in [3.05, 3.63) is 41.1 Å². The van der Waals surface area contributed by atoms with Crippen molar-refractivity contribution in [2.24, 2.45) is 0 Å². The normalized spacial score (nSPS) is 10.1. The van der Waals surface area contributed by atoms with Crippen molar-refractivity contribution in [3.8, 4) is 0 Å². The molecule has 2 rings (SSSR count). The number of aromatic nitrogens is 3. The summed E-state index contributed by atoms with van der Waals surface area (Å²) < 4.78 is 0. The Morgan fingerprint density at radius 2 is 2.33 bits per heavy atom. The van der Waals surface area contributed by atoms with Crippen LogP contribution < -0.4 is 10.6 Å². The van der Waals surface area contributed by atoms with E-state index in [1.165, 1.54) is 6.20 Å². The largest absolute Gasteiger partial charge is 0.373 e. The molecule has 0 aliphatic heterocycles. The lowest BCUT2D eigenvalue weighted by Gasteiger charge is -2.07. The zero-order valence-electron chi connectivity index (χ0n) is 9.70. The Hall–Kier alpha value is -2.08. The smallest absolute Gasteiger partial charge is 0.253 e. The summed E-state index contributed by atoms with van der Waals surface area (Å²) in [7, 11) is 1.72. The van der Waals surface area contributed by atoms with Crippen LogP contribution in [0.5, 0.6) is 0 Å². The molecule has 6 nitrogen and oxygen atoms in total. The zero-order chi connectivity index (χ0) is 13.0. The second-order valence-electron chi connectivity index (χ2n) is 3.52. The van der Waals surface area contributed by atoms with E-state index in [1.54, 1.807) is 25.5 Å². The van der Waals surface area contributed by atoms with Gasteiger partial charge in [-0.05, 0) is 6.07 Å². The van der Waals surface area contributed by atoms with Gasteiger partial charge in [-0.15, -0.1) is 0 Å². The molecule has 0 aromatic carbocycles. The third-order valence-corrected chi connectivity index (χ3v) is 2.63. The maximum atomic E-state index is 11.9. The zero-order valence-corrected chi connectivity index (χ0v) is 10.5. The van der Waals surface area contributed by atoms with Gasteiger partial charge < -0.3 is 15.6 Å². The number of H-pyrrole nitrogens is 1. The van der Waals surface area contributed by atoms with Gasteiger partial charge in [0.25, 0.3) is 5.91 Å². The van der Waals surface area contributed by atoms with Crippen molar-refractivity contribution in [3.63, 3.8) is 0 Å². The topological polar surface area (TPSA) is 82.7 Å². The Bertz CT molecular complexity index is 540. The number of nitrogens with zero attached hydrogens (tertiary/aromatic N) is 2. The number of amides is 1. The van der Waals surface area contributed by atoms with E-state index in [0.717, 1.165) is 0 Å². The molecular weight excluding hydrogens is 254 g/mol. The molecule has 2 aromatic rings. The average Bonchev–Trinajstić information content (AvgIpc) is 2.89. The molecule has 0 fully saturated rings. The van der Waals surface area contributed by atoms with Crippen molar-refractivity contribution in [1.29, 1.82) is 0 Å². The Labute approximate surface area is 109 Å². The van der Waals surface area contributed by atoms with Crippen LogP contribution in [0.3, 0.4) is 0 Å². The minimum Gasteiger partial charge on any atom is -0.373 e. The first-order chi connectivity index (χ1) is 8.70. The predicted molar refractivity (Wildman–Crippen MR) is 68.6 cm³/mol. The van der Waals surface area contributed by atoms with Crippen LogP contribution in [0, 0.1) is 0 Å². The summed E-state index contributed by atoms with van der Waals surface area (Å²) in [5.41, 5.74) is 0.377. The maximum absolute atomic E-state index is 11.9. The highest BCUT2D eigenvalue weighted by atomic mass is 35.5. The van der Waals surface area contributed by atoms with Gasteiger partial charge in [0.1, 0.15) is 11.6 Å². The molecule has 0 aliphatic carbocycles. The van der Waals surface area contributed by atoms with E-state index in [0.29, 0.717) is 28.8 Å². The fourth-order valence-corrected chi connectivity index (χ4v) is 1.59. The van der Waals surface area contributed by atoms with E-state index in [4.69, 9.17) is 11.6 Å². The molecule has 18 heavy (non-hydrogen) atoms. The summed E-state index contributed by atoms with van der Waals surface area (Å²) in [5, 5.41) is 5.88. The van der Waals surface area contributed by atoms with Crippen molar-refractivity contribution >= 4 is 23.3 Å². The van der Waals surface area contributed by atoms with Gasteiger partial charge in [0, 0.05) is 25.6 Å². The highest BCUT2D eigenvalue weighted by Gasteiger charge is 2.11. The van der Waals surface area contributed by atoms with Gasteiger partial charge in [0.05, 0.1) is 17.1 Å². The molecule has 94 valence electrons. The van der Waals surface area contributed by atoms with Crippen molar-refractivity contribution < 1.29 is 4.79 Å². The quantitative estimate of drug-likeness (QED) is 0.781. The summed E-state index contributed by atoms with van der Waals surface area (Å²) in [6, 6.07) is 1.60. The van der Waals surface area contributed by atoms with E-state index in [1.807, 2.05) is 0 Å². The van der Waals surface area contributed by atoms with E-state index < -0.39 is 0 Å². The van der Waals surface area contributed by atoms with Gasteiger partial charge >= 0.3 is 0 Å². The molecule has 0 radical (unpaired) electrons. The fraction of sp³-hybridized carbons (Fsp3) is 0.182. The van der Waals surface area contributed by atoms with Crippen LogP contribution >= 0.6 is 11.6 Å². The number of anilines is 1. The summed E-state index contributed by atoms with van der Waals surface area (Å²) in [6.07, 6.45) is 4.76. The summed E-state index contributed by atoms with van der Waals surface area (Å²) in [4.78, 5) is 22.9. The van der Waals surface area contributed by atoms with Crippen LogP contribution in [0.4, 0.5) is 5.82 Å². The van der Waals surface area contributed by atoms with Gasteiger partial charge in [-0.1, -0.05) is 11.6 Å². The van der Waals surface area contributed by atoms with Gasteiger partial charge in [-0.25, -0.2) is 9.97 Å². The van der Waals surface area contributed by atoms with Crippen molar-refractivity contribution in [2.45, 2.75) is 6.54 Å². The second kappa shape index (κ2) is 5.50. The van der Waals surface area contributed by atoms with Crippen LogP contribution in [0.15, 0.2) is 24.7 Å². The van der Waals surface area contributed by atoms with E-state index in [2.05, 4.69) is 25.6 Å². The first-order valence-electron chi connectivity index (χ1n) is 5.30. The number of halogens is 1. The molecule has 0 saturated carbocycles. The van der Waals surface area contributed by atoms with Gasteiger partial charge in [0.15, 0.2) is 0 Å². The van der Waals surface area contributed by atoms with Crippen LogP contribution in [-0.4, -0.2) is 27.9 Å². The minimum atomic E-state index is -0.268. The van der Waals surface area contributed by atoms with Crippen molar-refractivity contribution in [1.82, 2.24) is 20.3 Å². The fourth-order valence-electron chi connectivity index (χ4n) is 1.40. The summed E-state index contributed by atoms with van der Waals surface area (Å²) >= 11 is 5.93. The molecule has 0 unspecified atom stereocenters. The Morgan fingerprint density at radius 1 is 1.50 bits per heavy atom. The van der Waals surface area contributed by atoms with Gasteiger partial charge in [-0.2, -0.15) is 0 Å². The molecule has 7 heteroatoms. The highest BCUT2D eigenvalue weighted by Crippen LogP contribution is 2.17. The lowest BCUT2D eigenvalue weighted by molar-refractivity contribution is 0.0950. The minimum absolute atomic E-state index is 0.268. The standard InChI is InChI=1S/C11H12ClN5O/c1-13-9-4-7(8(12)5-16-9)11(18)17-6-10-14-2-3-15-10/h2-5H,6H2,1H3,(H,13,16)(H,14,15)(H,17,18). The van der Waals surface area contributed by atoms with E-state index in [-0.39, 0.29) is 5.91 Å². The molecule has 0 spiro atoms. The first-order valence-corrected chi connectivity index (χ1v) is 5.68. The number of carbonyl (C=O) groups excluding carboxylic acids is 1. The lowest BCUT2D eigenvalue weighted by Crippen LogP contribution is -2.24. The Balaban J connectivity index is 2.08. The lowest BCUT2D eigenvalue weighted by atomic mass is 10.2. The second-order valence-corrected chi connectivity index (χ2v) is 3.93. The van der Waals surface area contributed by atoms with Crippen molar-refractivity contribution in [2.75, 3.05) is 12.4 Å². The predicted octanol–water partition coefficient (Wildman–Crippen LogP) is 1.43. The molecular formula is C11H12ClN5O. The number of hydrogen-bond donors (Lipinski definition) is 3. The molecule has 2 heterocycles. The molecule has 2 aromatic heterocycles. The number of hydrogen-bond acceptors (Lipinski definition) is 4. The van der Waals surface area contributed by atoms with Crippen LogP contribution in [0.2, 0.25) is 5.02 Å². The highest BCUT2D eigenvalue weighted by molar-refractivity contribution is 6.33. The number of aromatic amines is 1. The molecule has 0 atom stereocenters. The van der Waals surface area contributed by atoms with E-state index >= 15 is 0 Å². The number of carbonyl (C=O) groups is 1. The number of rotatable bonds is 4. The van der Waals surface area contributed by atoms with Gasteiger partial charge in [-0.3, -0.25) is 4.79 Å². The SMILES string of the molecule is CNc1cc(C(=O)NCc2ncc[nH]2)c(Cl)cn1. The van der Waals surface area contributed by atoms with Crippen LogP contribution in [0.25, 0.3) is 0 Å². The number of nitrogens with one attached hydrogen (secondary N) is 3. The summed E-state index contributed by atoms with van der Waals surface area (Å²) in [6.45, 7) is 0.319. The molecule has 0 saturated heterocycles. The number of pyridine rings is 1. The summed E-state index contributed by atoms with van der Waals surface area (Å²) in [5.74, 6) is 1.00.